The van der Waals surface area contributed by atoms with Crippen LogP contribution in [0.2, 0.25) is 0 Å². The van der Waals surface area contributed by atoms with Crippen LogP contribution >= 0.6 is 23.9 Å². The summed E-state index contributed by atoms with van der Waals surface area (Å²) >= 11 is 2.25. The smallest absolute Gasteiger partial charge is 0.344 e. The first-order valence-electron chi connectivity index (χ1n) is 2.64. The molecule has 5 nitrogen and oxygen atoms in total. The van der Waals surface area contributed by atoms with Gasteiger partial charge in [-0.1, -0.05) is 11.9 Å². The van der Waals surface area contributed by atoms with Crippen LogP contribution in [0.5, 0.6) is 0 Å². The van der Waals surface area contributed by atoms with Crippen LogP contribution in [0.25, 0.3) is 0 Å². The summed E-state index contributed by atoms with van der Waals surface area (Å²) in [5.74, 6) is -0.274. The van der Waals surface area contributed by atoms with Crippen molar-refractivity contribution in [1.82, 2.24) is 9.03 Å². The fourth-order valence-corrected chi connectivity index (χ4v) is 1.15. The van der Waals surface area contributed by atoms with Gasteiger partial charge in [-0.3, -0.25) is 10.1 Å². The summed E-state index contributed by atoms with van der Waals surface area (Å²) in [6, 6.07) is -0.391. The van der Waals surface area contributed by atoms with Gasteiger partial charge >= 0.3 is 6.03 Å². The average Bonchev–Trinajstić information content (AvgIpc) is 1.88. The van der Waals surface area contributed by atoms with Crippen LogP contribution in [0.15, 0.2) is 0 Å². The Balaban J connectivity index is 4.03. The molecule has 0 spiro atoms. The Morgan fingerprint density at radius 3 is 2.45 bits per heavy atom. The van der Waals surface area contributed by atoms with Gasteiger partial charge in [-0.2, -0.15) is 0 Å². The highest BCUT2D eigenvalue weighted by Gasteiger charge is 2.13. The largest absolute Gasteiger partial charge is 0.369 e. The van der Waals surface area contributed by atoms with Crippen molar-refractivity contribution >= 4 is 35.9 Å². The third kappa shape index (κ3) is 3.38. The maximum Gasteiger partial charge on any atom is 0.344 e. The highest BCUT2D eigenvalue weighted by molar-refractivity contribution is 7.98. The van der Waals surface area contributed by atoms with Crippen molar-refractivity contribution in [2.24, 2.45) is 5.73 Å². The molecule has 0 radical (unpaired) electrons. The third-order valence-electron chi connectivity index (χ3n) is 0.775. The molecule has 2 amide bonds. The van der Waals surface area contributed by atoms with Gasteiger partial charge in [0.2, 0.25) is 5.96 Å². The summed E-state index contributed by atoms with van der Waals surface area (Å²) in [6.45, 7) is 0. The number of urea groups is 1. The molecule has 0 saturated carbocycles. The van der Waals surface area contributed by atoms with Crippen molar-refractivity contribution in [3.8, 4) is 0 Å². The molecule has 0 aromatic heterocycles. The van der Waals surface area contributed by atoms with E-state index >= 15 is 0 Å². The predicted octanol–water partition coefficient (Wildman–Crippen LogP) is 0.447. The first-order chi connectivity index (χ1) is 5.13. The summed E-state index contributed by atoms with van der Waals surface area (Å²) in [6.07, 6.45) is 3.39. The van der Waals surface area contributed by atoms with Crippen molar-refractivity contribution in [1.29, 1.82) is 5.41 Å². The van der Waals surface area contributed by atoms with E-state index in [9.17, 15) is 4.79 Å². The highest BCUT2D eigenvalue weighted by atomic mass is 32.2. The fourth-order valence-electron chi connectivity index (χ4n) is 0.419. The number of guanidine groups is 1. The summed E-state index contributed by atoms with van der Waals surface area (Å²) in [4.78, 5) is 11.0. The molecule has 0 aliphatic carbocycles. The molecule has 0 aliphatic rings. The van der Waals surface area contributed by atoms with E-state index in [0.717, 1.165) is 28.2 Å². The van der Waals surface area contributed by atoms with Crippen LogP contribution in [0, 0.1) is 5.41 Å². The predicted molar refractivity (Wildman–Crippen MR) is 49.3 cm³/mol. The van der Waals surface area contributed by atoms with E-state index in [-0.39, 0.29) is 5.96 Å². The minimum atomic E-state index is -0.391. The second-order valence-electron chi connectivity index (χ2n) is 1.47. The lowest BCUT2D eigenvalue weighted by atomic mass is 10.9. The maximum atomic E-state index is 11.0. The zero-order chi connectivity index (χ0) is 8.85. The second-order valence-corrected chi connectivity index (χ2v) is 2.82. The summed E-state index contributed by atoms with van der Waals surface area (Å²) in [5.41, 5.74) is 5.10. The molecule has 0 saturated heterocycles. The Morgan fingerprint density at radius 1 is 1.64 bits per heavy atom. The lowest BCUT2D eigenvalue weighted by molar-refractivity contribution is 0.241. The molecule has 0 aromatic carbocycles. The van der Waals surface area contributed by atoms with Gasteiger partial charge in [-0.05, 0) is 11.9 Å². The Labute approximate surface area is 73.8 Å². The molecule has 0 aromatic rings. The lowest BCUT2D eigenvalue weighted by Gasteiger charge is -2.15. The Kier molecular flexibility index (Phi) is 4.88. The molecule has 0 heterocycles. The number of nitrogens with one attached hydrogen (secondary N) is 2. The van der Waals surface area contributed by atoms with Crippen LogP contribution in [-0.4, -0.2) is 28.8 Å². The molecule has 0 bridgehead atoms. The van der Waals surface area contributed by atoms with Crippen LogP contribution in [-0.2, 0) is 0 Å². The van der Waals surface area contributed by atoms with E-state index in [4.69, 9.17) is 11.1 Å². The maximum absolute atomic E-state index is 11.0. The summed E-state index contributed by atoms with van der Waals surface area (Å²) < 4.78 is 3.49. The van der Waals surface area contributed by atoms with E-state index in [2.05, 4.69) is 4.72 Å². The summed E-state index contributed by atoms with van der Waals surface area (Å²) in [7, 11) is 0. The highest BCUT2D eigenvalue weighted by Crippen LogP contribution is 2.04. The molecule has 0 atom stereocenters. The topological polar surface area (TPSA) is 82.2 Å². The lowest BCUT2D eigenvalue weighted by Crippen LogP contribution is -2.39. The SMILES string of the molecule is CSNC(=O)N(SC)C(=N)N. The van der Waals surface area contributed by atoms with E-state index in [1.807, 2.05) is 0 Å². The van der Waals surface area contributed by atoms with Crippen molar-refractivity contribution in [3.63, 3.8) is 0 Å². The zero-order valence-electron chi connectivity index (χ0n) is 6.25. The Bertz CT molecular complexity index is 162. The van der Waals surface area contributed by atoms with E-state index in [1.165, 1.54) is 0 Å². The van der Waals surface area contributed by atoms with Gasteiger partial charge in [0.15, 0.2) is 0 Å². The molecule has 7 heteroatoms. The molecule has 11 heavy (non-hydrogen) atoms. The first-order valence-corrected chi connectivity index (χ1v) is 5.05. The quantitative estimate of drug-likeness (QED) is 0.338. The number of nitrogens with zero attached hydrogens (tertiary/aromatic N) is 1. The van der Waals surface area contributed by atoms with E-state index < -0.39 is 6.03 Å². The van der Waals surface area contributed by atoms with Gasteiger partial charge in [-0.25, -0.2) is 9.10 Å². The van der Waals surface area contributed by atoms with Crippen LogP contribution in [0.3, 0.4) is 0 Å². The van der Waals surface area contributed by atoms with Crippen molar-refractivity contribution in [2.75, 3.05) is 12.5 Å². The molecular weight excluding hydrogens is 184 g/mol. The number of hydrogen-bond donors (Lipinski definition) is 3. The second kappa shape index (κ2) is 5.14. The van der Waals surface area contributed by atoms with Crippen LogP contribution in [0.4, 0.5) is 4.79 Å². The third-order valence-corrected chi connectivity index (χ3v) is 1.88. The van der Waals surface area contributed by atoms with Crippen molar-refractivity contribution < 1.29 is 4.79 Å². The number of hydrogen-bond acceptors (Lipinski definition) is 4. The van der Waals surface area contributed by atoms with Crippen molar-refractivity contribution in [2.45, 2.75) is 0 Å². The number of nitrogens with two attached hydrogens (primary N) is 1. The van der Waals surface area contributed by atoms with E-state index in [1.54, 1.807) is 12.5 Å². The fraction of sp³-hybridized carbons (Fsp3) is 0.500. The molecule has 0 aliphatic heterocycles. The van der Waals surface area contributed by atoms with Gasteiger partial charge in [0.1, 0.15) is 0 Å². The molecule has 0 unspecified atom stereocenters. The zero-order valence-corrected chi connectivity index (χ0v) is 7.88. The number of rotatable bonds is 2. The molecular formula is C4H10N4OS2. The average molecular weight is 194 g/mol. The summed E-state index contributed by atoms with van der Waals surface area (Å²) in [5, 5.41) is 6.97. The van der Waals surface area contributed by atoms with Gasteiger partial charge < -0.3 is 5.73 Å². The number of carbonyl (C=O) groups excluding carboxylic acids is 1. The van der Waals surface area contributed by atoms with Gasteiger partial charge in [-0.15, -0.1) is 0 Å². The van der Waals surface area contributed by atoms with Crippen molar-refractivity contribution in [3.05, 3.63) is 0 Å². The monoisotopic (exact) mass is 194 g/mol. The molecule has 0 rings (SSSR count). The number of carbonyl (C=O) groups is 1. The molecule has 64 valence electrons. The van der Waals surface area contributed by atoms with Gasteiger partial charge in [0.05, 0.1) is 0 Å². The minimum Gasteiger partial charge on any atom is -0.369 e. The van der Waals surface area contributed by atoms with Gasteiger partial charge in [0.25, 0.3) is 0 Å². The Hall–Kier alpha value is -0.560. The van der Waals surface area contributed by atoms with Gasteiger partial charge in [0, 0.05) is 12.5 Å². The minimum absolute atomic E-state index is 0.274. The normalized spacial score (nSPS) is 8.91. The molecule has 4 N–H and O–H groups in total. The van der Waals surface area contributed by atoms with E-state index in [0.29, 0.717) is 0 Å². The molecule has 0 fully saturated rings. The van der Waals surface area contributed by atoms with Crippen LogP contribution < -0.4 is 10.5 Å². The Morgan fingerprint density at radius 2 is 2.18 bits per heavy atom. The standard InChI is InChI=1S/C4H10N4OS2/c1-10-7-4(9)8(11-2)3(5)6/h1-2H3,(H3,5,6)(H,7,9). The first kappa shape index (κ1) is 10.4. The number of amides is 2. The van der Waals surface area contributed by atoms with Crippen LogP contribution in [0.1, 0.15) is 0 Å².